The highest BCUT2D eigenvalue weighted by Gasteiger charge is 2.21. The number of aryl methyl sites for hydroxylation is 1. The molecular formula is C25H26N2O3. The third-order valence-electron chi connectivity index (χ3n) is 4.92. The Morgan fingerprint density at radius 3 is 2.83 bits per heavy atom. The van der Waals surface area contributed by atoms with Gasteiger partial charge in [0.1, 0.15) is 11.5 Å². The SMILES string of the molecule is C=C/N=C/C=C\C(=C\C(=O)O)NCC1CCCc2cc(Oc3ccccc3)ccc21. The summed E-state index contributed by atoms with van der Waals surface area (Å²) in [7, 11) is 0. The van der Waals surface area contributed by atoms with Gasteiger partial charge >= 0.3 is 5.97 Å². The Labute approximate surface area is 177 Å². The van der Waals surface area contributed by atoms with E-state index in [1.807, 2.05) is 36.4 Å². The van der Waals surface area contributed by atoms with Gasteiger partial charge in [-0.25, -0.2) is 4.79 Å². The molecule has 0 aromatic heterocycles. The molecule has 154 valence electrons. The van der Waals surface area contributed by atoms with Crippen LogP contribution in [0.2, 0.25) is 0 Å². The Morgan fingerprint density at radius 2 is 2.07 bits per heavy atom. The molecule has 5 heteroatoms. The maximum Gasteiger partial charge on any atom is 0.330 e. The average molecular weight is 402 g/mol. The van der Waals surface area contributed by atoms with Gasteiger partial charge < -0.3 is 15.2 Å². The van der Waals surface area contributed by atoms with E-state index >= 15 is 0 Å². The van der Waals surface area contributed by atoms with Gasteiger partial charge in [-0.05, 0) is 66.8 Å². The molecule has 0 heterocycles. The van der Waals surface area contributed by atoms with Crippen molar-refractivity contribution in [3.05, 3.63) is 96.4 Å². The van der Waals surface area contributed by atoms with Gasteiger partial charge in [0.15, 0.2) is 0 Å². The highest BCUT2D eigenvalue weighted by Crippen LogP contribution is 2.34. The molecule has 0 saturated heterocycles. The maximum absolute atomic E-state index is 11.1. The lowest BCUT2D eigenvalue weighted by Gasteiger charge is -2.26. The Balaban J connectivity index is 1.69. The summed E-state index contributed by atoms with van der Waals surface area (Å²) >= 11 is 0. The third-order valence-corrected chi connectivity index (χ3v) is 4.92. The van der Waals surface area contributed by atoms with Gasteiger partial charge in [0.25, 0.3) is 0 Å². The molecule has 0 saturated carbocycles. The first-order valence-electron chi connectivity index (χ1n) is 10.0. The summed E-state index contributed by atoms with van der Waals surface area (Å²) in [6.45, 7) is 4.17. The molecule has 1 aliphatic rings. The molecular weight excluding hydrogens is 376 g/mol. The van der Waals surface area contributed by atoms with Crippen LogP contribution >= 0.6 is 0 Å². The molecule has 30 heavy (non-hydrogen) atoms. The molecule has 0 aliphatic heterocycles. The summed E-state index contributed by atoms with van der Waals surface area (Å²) in [6, 6.07) is 16.0. The molecule has 2 aromatic rings. The molecule has 0 spiro atoms. The number of carbonyl (C=O) groups is 1. The van der Waals surface area contributed by atoms with Crippen LogP contribution in [-0.4, -0.2) is 23.8 Å². The van der Waals surface area contributed by atoms with Crippen LogP contribution < -0.4 is 10.1 Å². The molecule has 0 bridgehead atoms. The number of aliphatic imine (C=N–C) groups is 1. The summed E-state index contributed by atoms with van der Waals surface area (Å²) in [5, 5.41) is 12.4. The summed E-state index contributed by atoms with van der Waals surface area (Å²) < 4.78 is 5.97. The average Bonchev–Trinajstić information content (AvgIpc) is 2.75. The second kappa shape index (κ2) is 10.8. The standard InChI is InChI=1S/C25H26N2O3/c1-2-26-15-7-10-21(17-25(28)29)27-18-20-9-6-8-19-16-23(13-14-24(19)20)30-22-11-4-3-5-12-22/h2-5,7,10-17,20,27H,1,6,8-9,18H2,(H,28,29)/b10-7-,21-17-,26-15+. The van der Waals surface area contributed by atoms with Gasteiger partial charge in [-0.1, -0.05) is 30.8 Å². The van der Waals surface area contributed by atoms with Crippen molar-refractivity contribution in [3.63, 3.8) is 0 Å². The molecule has 2 N–H and O–H groups in total. The first-order valence-corrected chi connectivity index (χ1v) is 10.0. The summed E-state index contributed by atoms with van der Waals surface area (Å²) in [6.07, 6.45) is 10.7. The number of carboxylic acids is 1. The van der Waals surface area contributed by atoms with Crippen LogP contribution in [0, 0.1) is 0 Å². The molecule has 1 aliphatic carbocycles. The first kappa shape index (κ1) is 21.1. The number of rotatable bonds is 9. The van der Waals surface area contributed by atoms with Crippen molar-refractivity contribution in [1.82, 2.24) is 5.32 Å². The van der Waals surface area contributed by atoms with Crippen LogP contribution in [0.5, 0.6) is 11.5 Å². The van der Waals surface area contributed by atoms with E-state index in [-0.39, 0.29) is 0 Å². The topological polar surface area (TPSA) is 70.9 Å². The molecule has 1 atom stereocenters. The van der Waals surface area contributed by atoms with Crippen molar-refractivity contribution >= 4 is 12.2 Å². The zero-order chi connectivity index (χ0) is 21.2. The second-order valence-electron chi connectivity index (χ2n) is 7.02. The predicted octanol–water partition coefficient (Wildman–Crippen LogP) is 5.23. The van der Waals surface area contributed by atoms with Gasteiger partial charge in [-0.2, -0.15) is 0 Å². The van der Waals surface area contributed by atoms with Gasteiger partial charge in [-0.15, -0.1) is 0 Å². The lowest BCUT2D eigenvalue weighted by atomic mass is 9.82. The molecule has 1 unspecified atom stereocenters. The molecule has 0 fully saturated rings. The van der Waals surface area contributed by atoms with Crippen molar-refractivity contribution in [2.45, 2.75) is 25.2 Å². The van der Waals surface area contributed by atoms with Crippen molar-refractivity contribution in [2.24, 2.45) is 4.99 Å². The van der Waals surface area contributed by atoms with Crippen LogP contribution in [-0.2, 0) is 11.2 Å². The molecule has 0 amide bonds. The van der Waals surface area contributed by atoms with E-state index in [9.17, 15) is 4.79 Å². The smallest absolute Gasteiger partial charge is 0.330 e. The van der Waals surface area contributed by atoms with Gasteiger partial charge in [0.2, 0.25) is 0 Å². The second-order valence-corrected chi connectivity index (χ2v) is 7.02. The zero-order valence-corrected chi connectivity index (χ0v) is 16.8. The van der Waals surface area contributed by atoms with Gasteiger partial charge in [0, 0.05) is 36.7 Å². The molecule has 3 rings (SSSR count). The Bertz CT molecular complexity index is 962. The number of ether oxygens (including phenoxy) is 1. The molecule has 5 nitrogen and oxygen atoms in total. The fourth-order valence-corrected chi connectivity index (χ4v) is 3.58. The van der Waals surface area contributed by atoms with E-state index in [0.717, 1.165) is 30.8 Å². The normalized spacial score (nSPS) is 16.4. The minimum atomic E-state index is -0.991. The van der Waals surface area contributed by atoms with E-state index in [4.69, 9.17) is 9.84 Å². The monoisotopic (exact) mass is 402 g/mol. The van der Waals surface area contributed by atoms with Crippen molar-refractivity contribution in [1.29, 1.82) is 0 Å². The quantitative estimate of drug-likeness (QED) is 0.342. The number of allylic oxidation sites excluding steroid dienone is 2. The van der Waals surface area contributed by atoms with E-state index in [1.165, 1.54) is 23.4 Å². The number of nitrogens with one attached hydrogen (secondary N) is 1. The van der Waals surface area contributed by atoms with Gasteiger partial charge in [-0.3, -0.25) is 4.99 Å². The van der Waals surface area contributed by atoms with E-state index in [0.29, 0.717) is 18.2 Å². The maximum atomic E-state index is 11.1. The number of para-hydroxylation sites is 1. The first-order chi connectivity index (χ1) is 14.7. The fourth-order valence-electron chi connectivity index (χ4n) is 3.58. The minimum Gasteiger partial charge on any atom is -0.478 e. The summed E-state index contributed by atoms with van der Waals surface area (Å²) in [4.78, 5) is 15.0. The zero-order valence-electron chi connectivity index (χ0n) is 16.8. The van der Waals surface area contributed by atoms with Crippen LogP contribution in [0.4, 0.5) is 0 Å². The van der Waals surface area contributed by atoms with Gasteiger partial charge in [0.05, 0.1) is 0 Å². The van der Waals surface area contributed by atoms with Crippen molar-refractivity contribution in [2.75, 3.05) is 6.54 Å². The fraction of sp³-hybridized carbons (Fsp3) is 0.200. The number of benzene rings is 2. The van der Waals surface area contributed by atoms with Crippen LogP contribution in [0.1, 0.15) is 29.9 Å². The van der Waals surface area contributed by atoms with E-state index < -0.39 is 5.97 Å². The lowest BCUT2D eigenvalue weighted by Crippen LogP contribution is -2.24. The summed E-state index contributed by atoms with van der Waals surface area (Å²) in [5.74, 6) is 0.979. The highest BCUT2D eigenvalue weighted by molar-refractivity contribution is 5.81. The summed E-state index contributed by atoms with van der Waals surface area (Å²) in [5.41, 5.74) is 3.12. The minimum absolute atomic E-state index is 0.312. The number of fused-ring (bicyclic) bond motifs is 1. The lowest BCUT2D eigenvalue weighted by molar-refractivity contribution is -0.131. The molecule has 0 radical (unpaired) electrons. The number of hydrogen-bond donors (Lipinski definition) is 2. The Morgan fingerprint density at radius 1 is 1.23 bits per heavy atom. The van der Waals surface area contributed by atoms with E-state index in [2.05, 4.69) is 29.0 Å². The largest absolute Gasteiger partial charge is 0.478 e. The number of aliphatic carboxylic acids is 1. The third kappa shape index (κ3) is 6.21. The van der Waals surface area contributed by atoms with Crippen molar-refractivity contribution in [3.8, 4) is 11.5 Å². The predicted molar refractivity (Wildman–Crippen MR) is 120 cm³/mol. The van der Waals surface area contributed by atoms with Crippen molar-refractivity contribution < 1.29 is 14.6 Å². The Kier molecular flexibility index (Phi) is 7.61. The van der Waals surface area contributed by atoms with E-state index in [1.54, 1.807) is 18.4 Å². The number of hydrogen-bond acceptors (Lipinski definition) is 4. The van der Waals surface area contributed by atoms with Crippen LogP contribution in [0.3, 0.4) is 0 Å². The van der Waals surface area contributed by atoms with Crippen LogP contribution in [0.25, 0.3) is 0 Å². The highest BCUT2D eigenvalue weighted by atomic mass is 16.5. The van der Waals surface area contributed by atoms with Crippen LogP contribution in [0.15, 0.2) is 90.2 Å². The molecule has 2 aromatic carbocycles. The number of nitrogens with zero attached hydrogens (tertiary/aromatic N) is 1. The number of carboxylic acid groups (broad SMARTS) is 1. The Hall–Kier alpha value is -3.60.